The summed E-state index contributed by atoms with van der Waals surface area (Å²) < 4.78 is 11.8. The van der Waals surface area contributed by atoms with E-state index < -0.39 is 0 Å². The van der Waals surface area contributed by atoms with Crippen LogP contribution in [0.5, 0.6) is 5.75 Å². The van der Waals surface area contributed by atoms with Gasteiger partial charge in [0.15, 0.2) is 0 Å². The molecule has 2 bridgehead atoms. The summed E-state index contributed by atoms with van der Waals surface area (Å²) >= 11 is 0. The van der Waals surface area contributed by atoms with E-state index in [9.17, 15) is 9.59 Å². The molecule has 7 nitrogen and oxygen atoms in total. The minimum absolute atomic E-state index is 0.156. The normalized spacial score (nSPS) is 24.5. The number of piperidine rings is 1. The summed E-state index contributed by atoms with van der Waals surface area (Å²) in [5.74, 6) is 1.67. The van der Waals surface area contributed by atoms with Crippen molar-refractivity contribution in [3.63, 3.8) is 0 Å². The molecule has 0 aromatic heterocycles. The van der Waals surface area contributed by atoms with Crippen molar-refractivity contribution in [2.75, 3.05) is 52.5 Å². The molecule has 2 atom stereocenters. The van der Waals surface area contributed by atoms with E-state index in [1.807, 2.05) is 41.8 Å². The summed E-state index contributed by atoms with van der Waals surface area (Å²) in [5.41, 5.74) is 1.11. The molecule has 7 heteroatoms. The van der Waals surface area contributed by atoms with Gasteiger partial charge in [-0.15, -0.1) is 0 Å². The molecule has 3 aliphatic heterocycles. The van der Waals surface area contributed by atoms with Crippen molar-refractivity contribution >= 4 is 11.8 Å². The molecular formula is C28H41N3O4. The molecule has 0 N–H and O–H groups in total. The Morgan fingerprint density at radius 1 is 1.09 bits per heavy atom. The average molecular weight is 484 g/mol. The SMILES string of the molecule is CCN(CC)C(=O)C[C@@H]1CCN2C[C@@H]1C=CCOc1ccccc1CN(C1CCOCC1)CC2=O. The number of hydrogen-bond acceptors (Lipinski definition) is 5. The van der Waals surface area contributed by atoms with Crippen molar-refractivity contribution in [1.29, 1.82) is 0 Å². The van der Waals surface area contributed by atoms with Crippen LogP contribution in [0.15, 0.2) is 36.4 Å². The highest BCUT2D eigenvalue weighted by molar-refractivity contribution is 5.79. The van der Waals surface area contributed by atoms with E-state index in [-0.39, 0.29) is 23.7 Å². The summed E-state index contributed by atoms with van der Waals surface area (Å²) in [6, 6.07) is 8.47. The third-order valence-electron chi connectivity index (χ3n) is 7.82. The summed E-state index contributed by atoms with van der Waals surface area (Å²) in [5, 5.41) is 0. The molecule has 0 spiro atoms. The zero-order valence-electron chi connectivity index (χ0n) is 21.4. The Balaban J connectivity index is 1.55. The van der Waals surface area contributed by atoms with Gasteiger partial charge in [0.25, 0.3) is 0 Å². The second-order valence-corrected chi connectivity index (χ2v) is 9.92. The molecule has 1 aromatic rings. The standard InChI is InChI=1S/C28H41N3O4/c1-3-29(4-2)27(32)18-22-11-14-30-19-23(22)9-7-15-35-26-10-6-5-8-24(26)20-31(21-28(30)33)25-12-16-34-17-13-25/h5-10,22-23,25H,3-4,11-21H2,1-2H3/t22-,23-/m0/s1. The first-order valence-electron chi connectivity index (χ1n) is 13.3. The molecule has 0 radical (unpaired) electrons. The van der Waals surface area contributed by atoms with E-state index in [0.29, 0.717) is 45.2 Å². The smallest absolute Gasteiger partial charge is 0.236 e. The molecule has 3 heterocycles. The van der Waals surface area contributed by atoms with Crippen LogP contribution in [0.2, 0.25) is 0 Å². The molecular weight excluding hydrogens is 442 g/mol. The number of benzene rings is 1. The number of hydrogen-bond donors (Lipinski definition) is 0. The zero-order chi connectivity index (χ0) is 24.6. The van der Waals surface area contributed by atoms with Crippen molar-refractivity contribution in [1.82, 2.24) is 14.7 Å². The number of rotatable bonds is 5. The van der Waals surface area contributed by atoms with Crippen molar-refractivity contribution in [2.45, 2.75) is 52.1 Å². The van der Waals surface area contributed by atoms with Gasteiger partial charge in [0.1, 0.15) is 12.4 Å². The first kappa shape index (κ1) is 25.7. The molecule has 4 rings (SSSR count). The molecule has 192 valence electrons. The maximum atomic E-state index is 13.5. The lowest BCUT2D eigenvalue weighted by Crippen LogP contribution is -2.50. The highest BCUT2D eigenvalue weighted by atomic mass is 16.5. The number of carbonyl (C=O) groups excluding carboxylic acids is 2. The van der Waals surface area contributed by atoms with E-state index >= 15 is 0 Å². The largest absolute Gasteiger partial charge is 0.489 e. The second kappa shape index (κ2) is 12.5. The minimum Gasteiger partial charge on any atom is -0.489 e. The third kappa shape index (κ3) is 6.64. The molecule has 0 unspecified atom stereocenters. The van der Waals surface area contributed by atoms with Crippen molar-refractivity contribution < 1.29 is 19.1 Å². The van der Waals surface area contributed by atoms with Crippen LogP contribution >= 0.6 is 0 Å². The lowest BCUT2D eigenvalue weighted by molar-refractivity contribution is -0.137. The molecule has 3 aliphatic rings. The molecule has 1 aromatic carbocycles. The van der Waals surface area contributed by atoms with Crippen molar-refractivity contribution in [2.24, 2.45) is 11.8 Å². The fourth-order valence-corrected chi connectivity index (χ4v) is 5.66. The van der Waals surface area contributed by atoms with Crippen LogP contribution in [-0.4, -0.2) is 85.1 Å². The van der Waals surface area contributed by atoms with E-state index in [4.69, 9.17) is 9.47 Å². The molecule has 35 heavy (non-hydrogen) atoms. The summed E-state index contributed by atoms with van der Waals surface area (Å²) in [6.07, 6.45) is 7.52. The summed E-state index contributed by atoms with van der Waals surface area (Å²) in [6.45, 7) is 9.97. The van der Waals surface area contributed by atoms with Gasteiger partial charge in [-0.05, 0) is 51.0 Å². The first-order chi connectivity index (χ1) is 17.1. The van der Waals surface area contributed by atoms with E-state index in [2.05, 4.69) is 23.1 Å². The Hall–Kier alpha value is -2.38. The average Bonchev–Trinajstić information content (AvgIpc) is 2.89. The summed E-state index contributed by atoms with van der Waals surface area (Å²) in [4.78, 5) is 32.7. The number of carbonyl (C=O) groups is 2. The van der Waals surface area contributed by atoms with Gasteiger partial charge in [0.2, 0.25) is 11.8 Å². The van der Waals surface area contributed by atoms with Gasteiger partial charge in [0, 0.05) is 64.0 Å². The summed E-state index contributed by atoms with van der Waals surface area (Å²) in [7, 11) is 0. The highest BCUT2D eigenvalue weighted by Gasteiger charge is 2.34. The predicted octanol–water partition coefficient (Wildman–Crippen LogP) is 3.34. The van der Waals surface area contributed by atoms with Crippen LogP contribution in [0.3, 0.4) is 0 Å². The van der Waals surface area contributed by atoms with Crippen LogP contribution in [0.4, 0.5) is 0 Å². The molecule has 0 saturated carbocycles. The van der Waals surface area contributed by atoms with Gasteiger partial charge in [-0.25, -0.2) is 0 Å². The number of amides is 2. The number of nitrogens with zero attached hydrogens (tertiary/aromatic N) is 3. The molecule has 2 saturated heterocycles. The van der Waals surface area contributed by atoms with Crippen LogP contribution < -0.4 is 4.74 Å². The van der Waals surface area contributed by atoms with E-state index in [1.165, 1.54) is 0 Å². The Kier molecular flexibility index (Phi) is 9.21. The van der Waals surface area contributed by atoms with Gasteiger partial charge in [0.05, 0.1) is 6.54 Å². The van der Waals surface area contributed by atoms with Crippen LogP contribution in [0.25, 0.3) is 0 Å². The Morgan fingerprint density at radius 3 is 2.63 bits per heavy atom. The predicted molar refractivity (Wildman–Crippen MR) is 136 cm³/mol. The first-order valence-corrected chi connectivity index (χ1v) is 13.3. The van der Waals surface area contributed by atoms with Crippen molar-refractivity contribution in [3.05, 3.63) is 42.0 Å². The van der Waals surface area contributed by atoms with Crippen LogP contribution in [0, 0.1) is 11.8 Å². The third-order valence-corrected chi connectivity index (χ3v) is 7.82. The van der Waals surface area contributed by atoms with Gasteiger partial charge >= 0.3 is 0 Å². The number of ether oxygens (including phenoxy) is 2. The molecule has 0 aliphatic carbocycles. The highest BCUT2D eigenvalue weighted by Crippen LogP contribution is 2.30. The van der Waals surface area contributed by atoms with Crippen LogP contribution in [0.1, 0.15) is 45.1 Å². The van der Waals surface area contributed by atoms with Gasteiger partial charge in [-0.3, -0.25) is 14.5 Å². The van der Waals surface area contributed by atoms with E-state index in [0.717, 1.165) is 56.9 Å². The van der Waals surface area contributed by atoms with E-state index in [1.54, 1.807) is 0 Å². The van der Waals surface area contributed by atoms with Crippen LogP contribution in [-0.2, 0) is 20.9 Å². The maximum absolute atomic E-state index is 13.5. The lowest BCUT2D eigenvalue weighted by Gasteiger charge is -2.40. The minimum atomic E-state index is 0.156. The molecule has 2 amide bonds. The topological polar surface area (TPSA) is 62.3 Å². The fourth-order valence-electron chi connectivity index (χ4n) is 5.66. The Bertz CT molecular complexity index is 879. The maximum Gasteiger partial charge on any atom is 0.236 e. The fraction of sp³-hybridized carbons (Fsp3) is 0.643. The lowest BCUT2D eigenvalue weighted by atomic mass is 9.82. The van der Waals surface area contributed by atoms with Crippen molar-refractivity contribution in [3.8, 4) is 5.75 Å². The number of para-hydroxylation sites is 1. The van der Waals surface area contributed by atoms with Gasteiger partial charge in [-0.1, -0.05) is 30.4 Å². The molecule has 2 fully saturated rings. The Morgan fingerprint density at radius 2 is 1.86 bits per heavy atom. The monoisotopic (exact) mass is 483 g/mol. The second-order valence-electron chi connectivity index (χ2n) is 9.92. The van der Waals surface area contributed by atoms with Gasteiger partial charge < -0.3 is 19.3 Å². The Labute approximate surface area is 210 Å². The number of fused-ring (bicyclic) bond motifs is 3. The zero-order valence-corrected chi connectivity index (χ0v) is 21.4. The quantitative estimate of drug-likeness (QED) is 0.601. The van der Waals surface area contributed by atoms with Gasteiger partial charge in [-0.2, -0.15) is 0 Å².